The Hall–Kier alpha value is -4.01. The van der Waals surface area contributed by atoms with E-state index < -0.39 is 0 Å². The van der Waals surface area contributed by atoms with Crippen LogP contribution in [0.15, 0.2) is 115 Å². The van der Waals surface area contributed by atoms with E-state index in [1.165, 1.54) is 59.8 Å². The standard InChI is InChI=1S/C31H21NS/c32-20-24-16-17-26(22-12-6-2-7-13-22)31-29(24)28-19-25(21-10-4-1-5-11-21)18-27(30(28)33-31)23-14-8-3-9-15-23/h1-20,32H. The number of nitrogens with one attached hydrogen (secondary N) is 1. The van der Waals surface area contributed by atoms with Crippen molar-refractivity contribution >= 4 is 37.7 Å². The summed E-state index contributed by atoms with van der Waals surface area (Å²) >= 11 is 1.83. The first-order valence-electron chi connectivity index (χ1n) is 11.0. The second kappa shape index (κ2) is 8.16. The zero-order valence-corrected chi connectivity index (χ0v) is 18.8. The van der Waals surface area contributed by atoms with Crippen molar-refractivity contribution in [2.75, 3.05) is 0 Å². The quantitative estimate of drug-likeness (QED) is 0.265. The smallest absolute Gasteiger partial charge is 0.0440 e. The van der Waals surface area contributed by atoms with Gasteiger partial charge in [-0.3, -0.25) is 0 Å². The van der Waals surface area contributed by atoms with Crippen LogP contribution in [0.4, 0.5) is 0 Å². The van der Waals surface area contributed by atoms with E-state index in [4.69, 9.17) is 5.41 Å². The first-order valence-corrected chi connectivity index (χ1v) is 11.8. The van der Waals surface area contributed by atoms with Gasteiger partial charge in [0.1, 0.15) is 0 Å². The minimum atomic E-state index is 0.958. The van der Waals surface area contributed by atoms with Crippen molar-refractivity contribution in [3.05, 3.63) is 121 Å². The molecule has 0 spiro atoms. The van der Waals surface area contributed by atoms with E-state index in [-0.39, 0.29) is 0 Å². The summed E-state index contributed by atoms with van der Waals surface area (Å²) in [5.41, 5.74) is 8.23. The SMILES string of the molecule is N=Cc1ccc(-c2ccccc2)c2sc3c(-c4ccccc4)cc(-c4ccccc4)cc3c12. The summed E-state index contributed by atoms with van der Waals surface area (Å²) in [5, 5.41) is 10.5. The Morgan fingerprint density at radius 2 is 1.09 bits per heavy atom. The zero-order chi connectivity index (χ0) is 22.2. The Bertz CT molecular complexity index is 1600. The van der Waals surface area contributed by atoms with Gasteiger partial charge in [-0.05, 0) is 39.9 Å². The maximum Gasteiger partial charge on any atom is 0.0440 e. The fourth-order valence-electron chi connectivity index (χ4n) is 4.60. The minimum absolute atomic E-state index is 0.958. The van der Waals surface area contributed by atoms with Gasteiger partial charge in [0.05, 0.1) is 0 Å². The van der Waals surface area contributed by atoms with Crippen molar-refractivity contribution in [2.45, 2.75) is 0 Å². The van der Waals surface area contributed by atoms with Crippen LogP contribution in [0.25, 0.3) is 53.6 Å². The molecule has 0 saturated heterocycles. The Kier molecular flexibility index (Phi) is 4.86. The first kappa shape index (κ1) is 19.7. The second-order valence-corrected chi connectivity index (χ2v) is 9.17. The number of thiophene rings is 1. The molecule has 1 nitrogen and oxygen atoms in total. The molecule has 0 fully saturated rings. The molecule has 33 heavy (non-hydrogen) atoms. The van der Waals surface area contributed by atoms with Gasteiger partial charge in [0.2, 0.25) is 0 Å². The monoisotopic (exact) mass is 439 g/mol. The Labute approximate surface area is 197 Å². The normalized spacial score (nSPS) is 11.2. The molecule has 2 heteroatoms. The molecule has 6 aromatic rings. The van der Waals surface area contributed by atoms with E-state index in [2.05, 4.69) is 115 Å². The molecular formula is C31H21NS. The molecule has 1 N–H and O–H groups in total. The Morgan fingerprint density at radius 1 is 0.515 bits per heavy atom. The van der Waals surface area contributed by atoms with Crippen LogP contribution in [-0.4, -0.2) is 6.21 Å². The lowest BCUT2D eigenvalue weighted by Gasteiger charge is -2.09. The molecule has 6 rings (SSSR count). The second-order valence-electron chi connectivity index (χ2n) is 8.15. The number of rotatable bonds is 4. The summed E-state index contributed by atoms with van der Waals surface area (Å²) in [6, 6.07) is 40.6. The van der Waals surface area contributed by atoms with Crippen molar-refractivity contribution in [3.8, 4) is 33.4 Å². The summed E-state index contributed by atoms with van der Waals surface area (Å²) in [6.07, 6.45) is 1.49. The fraction of sp³-hybridized carbons (Fsp3) is 0. The fourth-order valence-corrected chi connectivity index (χ4v) is 5.99. The van der Waals surface area contributed by atoms with E-state index in [0.29, 0.717) is 0 Å². The molecule has 0 amide bonds. The summed E-state index contributed by atoms with van der Waals surface area (Å²) in [7, 11) is 0. The van der Waals surface area contributed by atoms with E-state index >= 15 is 0 Å². The molecule has 5 aromatic carbocycles. The highest BCUT2D eigenvalue weighted by Gasteiger charge is 2.18. The summed E-state index contributed by atoms with van der Waals surface area (Å²) in [6.45, 7) is 0. The van der Waals surface area contributed by atoms with Crippen LogP contribution in [-0.2, 0) is 0 Å². The predicted octanol–water partition coefficient (Wildman–Crippen LogP) is 9.05. The molecule has 0 radical (unpaired) electrons. The summed E-state index contributed by atoms with van der Waals surface area (Å²) in [5.74, 6) is 0. The molecule has 0 bridgehead atoms. The van der Waals surface area contributed by atoms with Gasteiger partial charge in [-0.2, -0.15) is 0 Å². The van der Waals surface area contributed by atoms with Gasteiger partial charge in [-0.1, -0.05) is 103 Å². The molecule has 156 valence electrons. The van der Waals surface area contributed by atoms with Gasteiger partial charge >= 0.3 is 0 Å². The van der Waals surface area contributed by atoms with Crippen molar-refractivity contribution in [2.24, 2.45) is 0 Å². The molecule has 0 unspecified atom stereocenters. The van der Waals surface area contributed by atoms with Gasteiger partial charge in [0.25, 0.3) is 0 Å². The summed E-state index contributed by atoms with van der Waals surface area (Å²) in [4.78, 5) is 0. The van der Waals surface area contributed by atoms with E-state index in [1.807, 2.05) is 11.3 Å². The van der Waals surface area contributed by atoms with Gasteiger partial charge < -0.3 is 5.41 Å². The highest BCUT2D eigenvalue weighted by atomic mass is 32.1. The molecule has 0 saturated carbocycles. The Morgan fingerprint density at radius 3 is 1.70 bits per heavy atom. The maximum atomic E-state index is 8.13. The van der Waals surface area contributed by atoms with Crippen molar-refractivity contribution in [1.29, 1.82) is 5.41 Å². The van der Waals surface area contributed by atoms with E-state index in [0.717, 1.165) is 5.56 Å². The van der Waals surface area contributed by atoms with Gasteiger partial charge in [0.15, 0.2) is 0 Å². The van der Waals surface area contributed by atoms with Crippen LogP contribution in [0.5, 0.6) is 0 Å². The highest BCUT2D eigenvalue weighted by Crippen LogP contribution is 2.46. The van der Waals surface area contributed by atoms with E-state index in [9.17, 15) is 0 Å². The van der Waals surface area contributed by atoms with Crippen LogP contribution in [0.2, 0.25) is 0 Å². The molecule has 0 aliphatic carbocycles. The lowest BCUT2D eigenvalue weighted by atomic mass is 9.94. The minimum Gasteiger partial charge on any atom is -0.308 e. The third-order valence-electron chi connectivity index (χ3n) is 6.18. The van der Waals surface area contributed by atoms with Crippen LogP contribution >= 0.6 is 11.3 Å². The molecule has 1 heterocycles. The van der Waals surface area contributed by atoms with Crippen molar-refractivity contribution in [3.63, 3.8) is 0 Å². The molecular weight excluding hydrogens is 418 g/mol. The van der Waals surface area contributed by atoms with Crippen LogP contribution in [0.3, 0.4) is 0 Å². The number of fused-ring (bicyclic) bond motifs is 3. The third-order valence-corrected chi connectivity index (χ3v) is 7.46. The lowest BCUT2D eigenvalue weighted by molar-refractivity contribution is 1.56. The van der Waals surface area contributed by atoms with E-state index in [1.54, 1.807) is 0 Å². The molecule has 0 aliphatic heterocycles. The number of hydrogen-bond donors (Lipinski definition) is 1. The largest absolute Gasteiger partial charge is 0.308 e. The topological polar surface area (TPSA) is 23.9 Å². The zero-order valence-electron chi connectivity index (χ0n) is 18.0. The van der Waals surface area contributed by atoms with Gasteiger partial charge in [0, 0.05) is 37.5 Å². The lowest BCUT2D eigenvalue weighted by Crippen LogP contribution is -1.86. The van der Waals surface area contributed by atoms with Crippen LogP contribution in [0, 0.1) is 5.41 Å². The van der Waals surface area contributed by atoms with Crippen LogP contribution < -0.4 is 0 Å². The average Bonchev–Trinajstić information content (AvgIpc) is 3.29. The molecule has 0 aliphatic rings. The number of benzene rings is 5. The van der Waals surface area contributed by atoms with Crippen molar-refractivity contribution < 1.29 is 0 Å². The summed E-state index contributed by atoms with van der Waals surface area (Å²) < 4.78 is 2.50. The third kappa shape index (κ3) is 3.36. The highest BCUT2D eigenvalue weighted by molar-refractivity contribution is 7.27. The van der Waals surface area contributed by atoms with Gasteiger partial charge in [-0.25, -0.2) is 0 Å². The van der Waals surface area contributed by atoms with Crippen molar-refractivity contribution in [1.82, 2.24) is 0 Å². The maximum absolute atomic E-state index is 8.13. The molecule has 1 aromatic heterocycles. The number of hydrogen-bond acceptors (Lipinski definition) is 2. The Balaban J connectivity index is 1.76. The average molecular weight is 440 g/mol. The first-order chi connectivity index (χ1) is 16.3. The van der Waals surface area contributed by atoms with Gasteiger partial charge in [-0.15, -0.1) is 11.3 Å². The molecule has 0 atom stereocenters. The van der Waals surface area contributed by atoms with Crippen LogP contribution in [0.1, 0.15) is 5.56 Å². The predicted molar refractivity (Wildman–Crippen MR) is 144 cm³/mol.